The highest BCUT2D eigenvalue weighted by atomic mass is 32.2. The Bertz CT molecular complexity index is 851. The van der Waals surface area contributed by atoms with Crippen LogP contribution in [-0.4, -0.2) is 37.3 Å². The van der Waals surface area contributed by atoms with E-state index in [1.807, 2.05) is 0 Å². The van der Waals surface area contributed by atoms with Crippen LogP contribution in [0.25, 0.3) is 0 Å². The van der Waals surface area contributed by atoms with Gasteiger partial charge in [0.05, 0.1) is 17.7 Å². The van der Waals surface area contributed by atoms with Gasteiger partial charge < -0.3 is 10.2 Å². The summed E-state index contributed by atoms with van der Waals surface area (Å²) in [4.78, 5) is 11.6. The number of hydrogen-bond donors (Lipinski definition) is 4. The molecule has 0 saturated heterocycles. The number of hydrazone groups is 1. The fraction of sp³-hybridized carbons (Fsp3) is 0.0667. The molecule has 0 radical (unpaired) electrons. The number of nitrogens with zero attached hydrogens (tertiary/aromatic N) is 1. The van der Waals surface area contributed by atoms with Gasteiger partial charge in [-0.25, -0.2) is 18.6 Å². The highest BCUT2D eigenvalue weighted by Crippen LogP contribution is 2.20. The largest absolute Gasteiger partial charge is 0.508 e. The smallest absolute Gasteiger partial charge is 0.255 e. The second-order valence-corrected chi connectivity index (χ2v) is 6.44. The lowest BCUT2D eigenvalue weighted by Gasteiger charge is -2.05. The highest BCUT2D eigenvalue weighted by Gasteiger charge is 2.14. The maximum atomic E-state index is 11.9. The van der Waals surface area contributed by atoms with Crippen molar-refractivity contribution in [3.63, 3.8) is 0 Å². The van der Waals surface area contributed by atoms with Gasteiger partial charge in [-0.15, -0.1) is 0 Å². The molecule has 24 heavy (non-hydrogen) atoms. The van der Waals surface area contributed by atoms with Crippen molar-refractivity contribution in [2.24, 2.45) is 5.10 Å². The molecule has 8 nitrogen and oxygen atoms in total. The molecule has 0 saturated carbocycles. The molecule has 0 aliphatic heterocycles. The zero-order valence-electron chi connectivity index (χ0n) is 12.4. The minimum Gasteiger partial charge on any atom is -0.508 e. The van der Waals surface area contributed by atoms with Crippen molar-refractivity contribution >= 4 is 22.1 Å². The quantitative estimate of drug-likeness (QED) is 0.447. The third-order valence-corrected chi connectivity index (χ3v) is 4.30. The molecule has 1 amide bonds. The van der Waals surface area contributed by atoms with E-state index in [9.17, 15) is 18.3 Å². The molecular weight excluding hydrogens is 334 g/mol. The first-order chi connectivity index (χ1) is 11.4. The third kappa shape index (κ3) is 4.80. The summed E-state index contributed by atoms with van der Waals surface area (Å²) in [5.41, 5.74) is 2.40. The molecule has 4 N–H and O–H groups in total. The lowest BCUT2D eigenvalue weighted by atomic mass is 10.2. The number of amides is 1. The second-order valence-electron chi connectivity index (χ2n) is 4.67. The number of carbonyl (C=O) groups excluding carboxylic acids is 1. The van der Waals surface area contributed by atoms with Crippen molar-refractivity contribution in [1.29, 1.82) is 0 Å². The van der Waals surface area contributed by atoms with Gasteiger partial charge in [0.1, 0.15) is 11.5 Å². The van der Waals surface area contributed by atoms with Gasteiger partial charge in [0, 0.05) is 11.6 Å². The van der Waals surface area contributed by atoms with Crippen LogP contribution in [0.15, 0.2) is 58.5 Å². The van der Waals surface area contributed by atoms with Gasteiger partial charge in [0.25, 0.3) is 5.91 Å². The van der Waals surface area contributed by atoms with Gasteiger partial charge in [-0.05, 0) is 24.3 Å². The van der Waals surface area contributed by atoms with Crippen LogP contribution in [0.4, 0.5) is 0 Å². The maximum absolute atomic E-state index is 11.9. The first-order valence-electron chi connectivity index (χ1n) is 6.77. The van der Waals surface area contributed by atoms with Gasteiger partial charge >= 0.3 is 0 Å². The Morgan fingerprint density at radius 3 is 2.50 bits per heavy atom. The number of sulfonamides is 1. The zero-order chi connectivity index (χ0) is 17.6. The summed E-state index contributed by atoms with van der Waals surface area (Å²) in [5, 5.41) is 22.3. The second kappa shape index (κ2) is 7.57. The van der Waals surface area contributed by atoms with Crippen LogP contribution in [0.2, 0.25) is 0 Å². The Hall–Kier alpha value is -2.91. The van der Waals surface area contributed by atoms with Crippen LogP contribution < -0.4 is 10.1 Å². The zero-order valence-corrected chi connectivity index (χ0v) is 13.2. The molecule has 2 aromatic rings. The van der Waals surface area contributed by atoms with E-state index in [2.05, 4.69) is 15.2 Å². The molecule has 0 aliphatic rings. The van der Waals surface area contributed by atoms with Crippen LogP contribution in [0, 0.1) is 0 Å². The first-order valence-corrected chi connectivity index (χ1v) is 8.25. The number of phenolic OH excluding ortho intramolecular Hbond substituents is 2. The molecule has 0 spiro atoms. The van der Waals surface area contributed by atoms with E-state index in [0.717, 1.165) is 6.07 Å². The summed E-state index contributed by atoms with van der Waals surface area (Å²) >= 11 is 0. The summed E-state index contributed by atoms with van der Waals surface area (Å²) in [7, 11) is -3.77. The van der Waals surface area contributed by atoms with Crippen molar-refractivity contribution < 1.29 is 23.4 Å². The normalized spacial score (nSPS) is 11.5. The van der Waals surface area contributed by atoms with E-state index in [4.69, 9.17) is 5.11 Å². The molecule has 2 rings (SSSR count). The minimum atomic E-state index is -3.77. The Labute approximate surface area is 138 Å². The lowest BCUT2D eigenvalue weighted by Crippen LogP contribution is -2.34. The standard InChI is InChI=1S/C15H15N3O5S/c19-12-7-6-11(14(20)8-12)9-16-18-15(21)10-17-24(22,23)13-4-2-1-3-5-13/h1-9,17,19-20H,10H2,(H,18,21)/b16-9+. The van der Waals surface area contributed by atoms with Crippen LogP contribution in [0.5, 0.6) is 11.5 Å². The molecule has 0 fully saturated rings. The topological polar surface area (TPSA) is 128 Å². The molecule has 0 unspecified atom stereocenters. The van der Waals surface area contributed by atoms with Crippen LogP contribution in [-0.2, 0) is 14.8 Å². The fourth-order valence-corrected chi connectivity index (χ4v) is 2.70. The predicted octanol–water partition coefficient (Wildman–Crippen LogP) is 0.526. The van der Waals surface area contributed by atoms with Crippen LogP contribution in [0.1, 0.15) is 5.56 Å². The first kappa shape index (κ1) is 17.4. The highest BCUT2D eigenvalue weighted by molar-refractivity contribution is 7.89. The fourth-order valence-electron chi connectivity index (χ4n) is 1.70. The average Bonchev–Trinajstić information content (AvgIpc) is 2.56. The van der Waals surface area contributed by atoms with Crippen molar-refractivity contribution in [1.82, 2.24) is 10.1 Å². The number of phenols is 2. The van der Waals surface area contributed by atoms with Crippen molar-refractivity contribution in [2.45, 2.75) is 4.90 Å². The number of nitrogens with one attached hydrogen (secondary N) is 2. The SMILES string of the molecule is O=C(CNS(=O)(=O)c1ccccc1)N/N=C/c1ccc(O)cc1O. The van der Waals surface area contributed by atoms with Crippen LogP contribution >= 0.6 is 0 Å². The number of rotatable bonds is 6. The third-order valence-electron chi connectivity index (χ3n) is 2.88. The van der Waals surface area contributed by atoms with Crippen molar-refractivity contribution in [2.75, 3.05) is 6.54 Å². The molecule has 0 bridgehead atoms. The monoisotopic (exact) mass is 349 g/mol. The maximum Gasteiger partial charge on any atom is 0.255 e. The van der Waals surface area contributed by atoms with E-state index in [-0.39, 0.29) is 22.0 Å². The lowest BCUT2D eigenvalue weighted by molar-refractivity contribution is -0.119. The predicted molar refractivity (Wildman–Crippen MR) is 87.1 cm³/mol. The van der Waals surface area contributed by atoms with E-state index in [1.165, 1.54) is 30.5 Å². The summed E-state index contributed by atoms with van der Waals surface area (Å²) in [5.74, 6) is -0.995. The van der Waals surface area contributed by atoms with E-state index in [1.54, 1.807) is 18.2 Å². The summed E-state index contributed by atoms with van der Waals surface area (Å²) < 4.78 is 26.0. The average molecular weight is 349 g/mol. The Kier molecular flexibility index (Phi) is 5.51. The molecule has 126 valence electrons. The Morgan fingerprint density at radius 2 is 1.83 bits per heavy atom. The van der Waals surface area contributed by atoms with Gasteiger partial charge in [-0.2, -0.15) is 5.10 Å². The number of aromatic hydroxyl groups is 2. The summed E-state index contributed by atoms with van der Waals surface area (Å²) in [6.45, 7) is -0.490. The van der Waals surface area contributed by atoms with E-state index < -0.39 is 22.5 Å². The number of benzene rings is 2. The van der Waals surface area contributed by atoms with Gasteiger partial charge in [0.15, 0.2) is 0 Å². The Balaban J connectivity index is 1.89. The number of hydrogen-bond acceptors (Lipinski definition) is 6. The molecule has 9 heteroatoms. The molecule has 0 atom stereocenters. The number of carbonyl (C=O) groups is 1. The summed E-state index contributed by atoms with van der Waals surface area (Å²) in [6, 6.07) is 11.5. The van der Waals surface area contributed by atoms with Gasteiger partial charge in [-0.3, -0.25) is 4.79 Å². The van der Waals surface area contributed by atoms with Crippen LogP contribution in [0.3, 0.4) is 0 Å². The minimum absolute atomic E-state index is 0.0512. The molecule has 0 aliphatic carbocycles. The molecule has 0 heterocycles. The molecular formula is C15H15N3O5S. The van der Waals surface area contributed by atoms with E-state index >= 15 is 0 Å². The van der Waals surface area contributed by atoms with Gasteiger partial charge in [0.2, 0.25) is 10.0 Å². The molecule has 2 aromatic carbocycles. The van der Waals surface area contributed by atoms with E-state index in [0.29, 0.717) is 0 Å². The van der Waals surface area contributed by atoms with Crippen molar-refractivity contribution in [3.05, 3.63) is 54.1 Å². The van der Waals surface area contributed by atoms with Gasteiger partial charge in [-0.1, -0.05) is 18.2 Å². The Morgan fingerprint density at radius 1 is 1.12 bits per heavy atom. The molecule has 0 aromatic heterocycles. The summed E-state index contributed by atoms with van der Waals surface area (Å²) in [6.07, 6.45) is 1.17. The van der Waals surface area contributed by atoms with Crippen molar-refractivity contribution in [3.8, 4) is 11.5 Å².